The van der Waals surface area contributed by atoms with E-state index < -0.39 is 5.97 Å². The van der Waals surface area contributed by atoms with E-state index in [1.807, 2.05) is 31.2 Å². The van der Waals surface area contributed by atoms with Crippen molar-refractivity contribution in [2.45, 2.75) is 26.9 Å². The van der Waals surface area contributed by atoms with E-state index in [-0.39, 0.29) is 24.7 Å². The Bertz CT molecular complexity index is 932. The number of thiazole rings is 1. The first kappa shape index (κ1) is 17.8. The summed E-state index contributed by atoms with van der Waals surface area (Å²) in [6.07, 6.45) is 0.161. The van der Waals surface area contributed by atoms with Gasteiger partial charge in [0.2, 0.25) is 11.7 Å². The second-order valence-corrected chi connectivity index (χ2v) is 6.62. The Morgan fingerprint density at radius 3 is 2.81 bits per heavy atom. The first-order valence-electron chi connectivity index (χ1n) is 7.90. The van der Waals surface area contributed by atoms with Gasteiger partial charge in [-0.3, -0.25) is 4.79 Å². The number of rotatable bonds is 6. The molecule has 3 aromatic rings. The molecular formula is C18H17N3O4S. The second-order valence-electron chi connectivity index (χ2n) is 5.68. The molecule has 0 unspecified atom stereocenters. The maximum absolute atomic E-state index is 12.1. The molecule has 0 bridgehead atoms. The first-order chi connectivity index (χ1) is 12.5. The molecule has 0 aliphatic carbocycles. The zero-order chi connectivity index (χ0) is 18.5. The van der Waals surface area contributed by atoms with E-state index in [1.165, 1.54) is 17.4 Å². The molecule has 26 heavy (non-hydrogen) atoms. The van der Waals surface area contributed by atoms with Gasteiger partial charge < -0.3 is 14.6 Å². The Hall–Kier alpha value is -3.00. The third kappa shape index (κ3) is 4.54. The molecule has 7 nitrogen and oxygen atoms in total. The van der Waals surface area contributed by atoms with Crippen LogP contribution in [0, 0.1) is 13.8 Å². The van der Waals surface area contributed by atoms with Gasteiger partial charge >= 0.3 is 5.97 Å². The lowest BCUT2D eigenvalue weighted by Crippen LogP contribution is -2.15. The summed E-state index contributed by atoms with van der Waals surface area (Å²) in [5.41, 5.74) is 2.96. The minimum Gasteiger partial charge on any atom is -0.453 e. The number of aromatic nitrogens is 2. The Morgan fingerprint density at radius 2 is 2.08 bits per heavy atom. The average molecular weight is 371 g/mol. The maximum Gasteiger partial charge on any atom is 0.377 e. The van der Waals surface area contributed by atoms with E-state index in [1.54, 1.807) is 12.3 Å². The van der Waals surface area contributed by atoms with Crippen LogP contribution < -0.4 is 5.32 Å². The summed E-state index contributed by atoms with van der Waals surface area (Å²) < 4.78 is 9.97. The molecule has 0 aliphatic rings. The largest absolute Gasteiger partial charge is 0.453 e. The number of carbonyl (C=O) groups excluding carboxylic acids is 2. The first-order valence-corrected chi connectivity index (χ1v) is 8.78. The molecule has 1 aromatic carbocycles. The van der Waals surface area contributed by atoms with Crippen LogP contribution in [-0.2, 0) is 22.6 Å². The zero-order valence-corrected chi connectivity index (χ0v) is 15.1. The van der Waals surface area contributed by atoms with Gasteiger partial charge in [0.25, 0.3) is 0 Å². The van der Waals surface area contributed by atoms with E-state index in [4.69, 9.17) is 9.26 Å². The number of nitrogens with one attached hydrogen (secondary N) is 1. The Morgan fingerprint density at radius 1 is 1.27 bits per heavy atom. The van der Waals surface area contributed by atoms with Gasteiger partial charge in [-0.05, 0) is 25.5 Å². The Balaban J connectivity index is 1.52. The van der Waals surface area contributed by atoms with E-state index in [0.29, 0.717) is 16.4 Å². The summed E-state index contributed by atoms with van der Waals surface area (Å²) in [7, 11) is 0. The van der Waals surface area contributed by atoms with Crippen molar-refractivity contribution in [1.82, 2.24) is 10.1 Å². The fraction of sp³-hybridized carbons (Fsp3) is 0.222. The predicted octanol–water partition coefficient (Wildman–Crippen LogP) is 3.29. The van der Waals surface area contributed by atoms with E-state index in [2.05, 4.69) is 15.5 Å². The lowest BCUT2D eigenvalue weighted by molar-refractivity contribution is -0.115. The highest BCUT2D eigenvalue weighted by Gasteiger charge is 2.15. The summed E-state index contributed by atoms with van der Waals surface area (Å²) in [5, 5.41) is 8.91. The van der Waals surface area contributed by atoms with Crippen molar-refractivity contribution < 1.29 is 18.8 Å². The number of esters is 1. The minimum atomic E-state index is -0.600. The fourth-order valence-corrected chi connectivity index (χ4v) is 2.99. The minimum absolute atomic E-state index is 0.00843. The van der Waals surface area contributed by atoms with Crippen molar-refractivity contribution in [2.24, 2.45) is 0 Å². The zero-order valence-electron chi connectivity index (χ0n) is 14.3. The molecule has 0 fully saturated rings. The Kier molecular flexibility index (Phi) is 5.43. The number of para-hydroxylation sites is 1. The molecule has 0 saturated carbocycles. The molecule has 0 aliphatic heterocycles. The number of benzene rings is 1. The number of carbonyl (C=O) groups is 2. The van der Waals surface area contributed by atoms with Crippen molar-refractivity contribution in [1.29, 1.82) is 0 Å². The van der Waals surface area contributed by atoms with Crippen LogP contribution in [0.4, 0.5) is 5.69 Å². The standard InChI is InChI=1S/C18H17N3O4S/c1-11-5-3-4-6-14(11)20-16(22)8-17-19-13(10-26-17)9-24-18(23)15-7-12(2)21-25-15/h3-7,10H,8-9H2,1-2H3,(H,20,22). The summed E-state index contributed by atoms with van der Waals surface area (Å²) in [6, 6.07) is 9.07. The van der Waals surface area contributed by atoms with Crippen molar-refractivity contribution in [3.63, 3.8) is 0 Å². The molecule has 1 N–H and O–H groups in total. The third-order valence-electron chi connectivity index (χ3n) is 3.51. The molecule has 2 heterocycles. The summed E-state index contributed by atoms with van der Waals surface area (Å²) in [4.78, 5) is 28.3. The average Bonchev–Trinajstić information content (AvgIpc) is 3.24. The SMILES string of the molecule is Cc1cc(C(=O)OCc2csc(CC(=O)Nc3ccccc3C)n2)on1. The molecule has 0 radical (unpaired) electrons. The molecule has 0 atom stereocenters. The van der Waals surface area contributed by atoms with Crippen LogP contribution in [0.15, 0.2) is 40.2 Å². The molecule has 8 heteroatoms. The number of aryl methyl sites for hydroxylation is 2. The van der Waals surface area contributed by atoms with Gasteiger partial charge in [0.15, 0.2) is 0 Å². The van der Waals surface area contributed by atoms with Crippen molar-refractivity contribution >= 4 is 28.9 Å². The fourth-order valence-electron chi connectivity index (χ4n) is 2.21. The van der Waals surface area contributed by atoms with E-state index in [0.717, 1.165) is 11.3 Å². The van der Waals surface area contributed by atoms with Crippen LogP contribution in [0.1, 0.15) is 32.5 Å². The third-order valence-corrected chi connectivity index (χ3v) is 4.41. The van der Waals surface area contributed by atoms with Crippen LogP contribution in [0.3, 0.4) is 0 Å². The lowest BCUT2D eigenvalue weighted by atomic mass is 10.2. The highest BCUT2D eigenvalue weighted by atomic mass is 32.1. The van der Waals surface area contributed by atoms with Gasteiger partial charge in [-0.25, -0.2) is 9.78 Å². The van der Waals surface area contributed by atoms with Gasteiger partial charge in [0.1, 0.15) is 11.6 Å². The molecular weight excluding hydrogens is 354 g/mol. The number of amides is 1. The topological polar surface area (TPSA) is 94.3 Å². The number of nitrogens with zero attached hydrogens (tertiary/aromatic N) is 2. The lowest BCUT2D eigenvalue weighted by Gasteiger charge is -2.06. The van der Waals surface area contributed by atoms with Crippen molar-refractivity contribution in [3.8, 4) is 0 Å². The number of hydrogen-bond acceptors (Lipinski definition) is 7. The number of hydrogen-bond donors (Lipinski definition) is 1. The summed E-state index contributed by atoms with van der Waals surface area (Å²) in [5.74, 6) is -0.692. The highest BCUT2D eigenvalue weighted by molar-refractivity contribution is 7.09. The highest BCUT2D eigenvalue weighted by Crippen LogP contribution is 2.16. The van der Waals surface area contributed by atoms with Crippen LogP contribution >= 0.6 is 11.3 Å². The van der Waals surface area contributed by atoms with Crippen molar-refractivity contribution in [3.05, 3.63) is 63.4 Å². The van der Waals surface area contributed by atoms with Gasteiger partial charge in [0.05, 0.1) is 17.8 Å². The number of ether oxygens (including phenoxy) is 1. The van der Waals surface area contributed by atoms with Gasteiger partial charge in [-0.1, -0.05) is 23.4 Å². The van der Waals surface area contributed by atoms with Gasteiger partial charge in [-0.2, -0.15) is 0 Å². The van der Waals surface area contributed by atoms with Gasteiger partial charge in [0, 0.05) is 17.1 Å². The molecule has 3 rings (SSSR count). The van der Waals surface area contributed by atoms with Gasteiger partial charge in [-0.15, -0.1) is 11.3 Å². The van der Waals surface area contributed by atoms with E-state index >= 15 is 0 Å². The second kappa shape index (κ2) is 7.92. The smallest absolute Gasteiger partial charge is 0.377 e. The molecule has 0 saturated heterocycles. The van der Waals surface area contributed by atoms with Crippen LogP contribution in [-0.4, -0.2) is 22.0 Å². The maximum atomic E-state index is 12.1. The normalized spacial score (nSPS) is 10.5. The number of anilines is 1. The summed E-state index contributed by atoms with van der Waals surface area (Å²) >= 11 is 1.35. The van der Waals surface area contributed by atoms with Crippen LogP contribution in [0.2, 0.25) is 0 Å². The predicted molar refractivity (Wildman–Crippen MR) is 96.0 cm³/mol. The summed E-state index contributed by atoms with van der Waals surface area (Å²) in [6.45, 7) is 3.66. The molecule has 1 amide bonds. The molecule has 2 aromatic heterocycles. The van der Waals surface area contributed by atoms with Crippen molar-refractivity contribution in [2.75, 3.05) is 5.32 Å². The monoisotopic (exact) mass is 371 g/mol. The van der Waals surface area contributed by atoms with Crippen LogP contribution in [0.5, 0.6) is 0 Å². The molecule has 134 valence electrons. The molecule has 0 spiro atoms. The Labute approximate surface area is 154 Å². The quantitative estimate of drug-likeness (QED) is 0.668. The van der Waals surface area contributed by atoms with E-state index in [9.17, 15) is 9.59 Å². The van der Waals surface area contributed by atoms with Crippen LogP contribution in [0.25, 0.3) is 0 Å².